The second-order valence-corrected chi connectivity index (χ2v) is 6.32. The van der Waals surface area contributed by atoms with E-state index in [-0.39, 0.29) is 0 Å². The fourth-order valence-electron chi connectivity index (χ4n) is 1.44. The Balaban J connectivity index is 2.16. The van der Waals surface area contributed by atoms with E-state index in [1.165, 1.54) is 11.3 Å². The first-order valence-corrected chi connectivity index (χ1v) is 7.87. The summed E-state index contributed by atoms with van der Waals surface area (Å²) >= 11 is 3.76. The van der Waals surface area contributed by atoms with Crippen molar-refractivity contribution in [3.05, 3.63) is 22.4 Å². The van der Waals surface area contributed by atoms with Crippen molar-refractivity contribution >= 4 is 23.1 Å². The number of nitrogens with one attached hydrogen (secondary N) is 1. The Bertz CT molecular complexity index is 260. The molecule has 0 saturated heterocycles. The molecule has 4 heteroatoms. The number of aryl methyl sites for hydroxylation is 1. The third kappa shape index (κ3) is 5.89. The van der Waals surface area contributed by atoms with E-state index in [4.69, 9.17) is 5.84 Å². The van der Waals surface area contributed by atoms with E-state index < -0.39 is 0 Å². The maximum Gasteiger partial charge on any atom is 0.0304 e. The van der Waals surface area contributed by atoms with Crippen LogP contribution in [-0.4, -0.2) is 17.5 Å². The summed E-state index contributed by atoms with van der Waals surface area (Å²) in [5.74, 6) is 8.66. The van der Waals surface area contributed by atoms with E-state index in [9.17, 15) is 0 Å². The monoisotopic (exact) mass is 258 g/mol. The SMILES string of the molecule is CC(C)CSCC(CCc1ccsc1)NN. The van der Waals surface area contributed by atoms with E-state index >= 15 is 0 Å². The van der Waals surface area contributed by atoms with Gasteiger partial charge in [0.2, 0.25) is 0 Å². The molecule has 3 N–H and O–H groups in total. The average Bonchev–Trinajstić information content (AvgIpc) is 2.75. The summed E-state index contributed by atoms with van der Waals surface area (Å²) in [4.78, 5) is 0. The Morgan fingerprint density at radius 3 is 2.81 bits per heavy atom. The van der Waals surface area contributed by atoms with Gasteiger partial charge in [-0.2, -0.15) is 23.1 Å². The molecule has 0 aliphatic rings. The third-order valence-electron chi connectivity index (χ3n) is 2.37. The molecule has 1 aromatic rings. The third-order valence-corrected chi connectivity index (χ3v) is 4.64. The molecule has 1 unspecified atom stereocenters. The molecule has 0 fully saturated rings. The van der Waals surface area contributed by atoms with Crippen LogP contribution in [0.1, 0.15) is 25.8 Å². The Kier molecular flexibility index (Phi) is 7.12. The van der Waals surface area contributed by atoms with Crippen molar-refractivity contribution in [1.82, 2.24) is 5.43 Å². The normalized spacial score (nSPS) is 13.2. The van der Waals surface area contributed by atoms with Gasteiger partial charge in [0, 0.05) is 11.8 Å². The second kappa shape index (κ2) is 8.12. The van der Waals surface area contributed by atoms with Gasteiger partial charge in [-0.3, -0.25) is 11.3 Å². The highest BCUT2D eigenvalue weighted by molar-refractivity contribution is 7.99. The molecule has 0 saturated carbocycles. The van der Waals surface area contributed by atoms with Gasteiger partial charge in [0.25, 0.3) is 0 Å². The van der Waals surface area contributed by atoms with Crippen LogP contribution in [0.2, 0.25) is 0 Å². The van der Waals surface area contributed by atoms with Crippen molar-refractivity contribution in [2.24, 2.45) is 11.8 Å². The first-order valence-electron chi connectivity index (χ1n) is 5.77. The van der Waals surface area contributed by atoms with Crippen LogP contribution in [0.3, 0.4) is 0 Å². The Labute approximate surface area is 107 Å². The van der Waals surface area contributed by atoms with E-state index in [0.29, 0.717) is 6.04 Å². The van der Waals surface area contributed by atoms with E-state index in [0.717, 1.165) is 24.5 Å². The summed E-state index contributed by atoms with van der Waals surface area (Å²) in [5.41, 5.74) is 4.35. The lowest BCUT2D eigenvalue weighted by Crippen LogP contribution is -2.37. The lowest BCUT2D eigenvalue weighted by atomic mass is 10.1. The van der Waals surface area contributed by atoms with Gasteiger partial charge >= 0.3 is 0 Å². The van der Waals surface area contributed by atoms with Gasteiger partial charge in [-0.25, -0.2) is 0 Å². The predicted octanol–water partition coefficient (Wildman–Crippen LogP) is 2.90. The van der Waals surface area contributed by atoms with Crippen molar-refractivity contribution in [3.63, 3.8) is 0 Å². The lowest BCUT2D eigenvalue weighted by molar-refractivity contribution is 0.539. The van der Waals surface area contributed by atoms with E-state index in [1.54, 1.807) is 11.3 Å². The topological polar surface area (TPSA) is 38.0 Å². The standard InChI is InChI=1S/C12H22N2S2/c1-10(2)7-16-9-12(14-13)4-3-11-5-6-15-8-11/h5-6,8,10,12,14H,3-4,7,9,13H2,1-2H3. The fraction of sp³-hybridized carbons (Fsp3) is 0.667. The Hall–Kier alpha value is -0.0300. The molecule has 0 aromatic carbocycles. The predicted molar refractivity (Wildman–Crippen MR) is 75.9 cm³/mol. The first-order chi connectivity index (χ1) is 7.72. The zero-order valence-corrected chi connectivity index (χ0v) is 11.7. The summed E-state index contributed by atoms with van der Waals surface area (Å²) in [6.45, 7) is 4.51. The number of nitrogens with two attached hydrogens (primary N) is 1. The molecule has 1 aromatic heterocycles. The van der Waals surface area contributed by atoms with Crippen LogP contribution in [0, 0.1) is 5.92 Å². The quantitative estimate of drug-likeness (QED) is 0.556. The number of rotatable bonds is 8. The molecular weight excluding hydrogens is 236 g/mol. The van der Waals surface area contributed by atoms with Crippen molar-refractivity contribution in [3.8, 4) is 0 Å². The van der Waals surface area contributed by atoms with Crippen LogP contribution >= 0.6 is 23.1 Å². The summed E-state index contributed by atoms with van der Waals surface area (Å²) in [5, 5.41) is 4.35. The second-order valence-electron chi connectivity index (χ2n) is 4.47. The number of hydrogen-bond donors (Lipinski definition) is 2. The average molecular weight is 258 g/mol. The molecule has 0 aliphatic carbocycles. The maximum atomic E-state index is 5.57. The van der Waals surface area contributed by atoms with Gasteiger partial charge in [-0.05, 0) is 46.9 Å². The highest BCUT2D eigenvalue weighted by atomic mass is 32.2. The Morgan fingerprint density at radius 1 is 1.44 bits per heavy atom. The van der Waals surface area contributed by atoms with Gasteiger partial charge < -0.3 is 0 Å². The lowest BCUT2D eigenvalue weighted by Gasteiger charge is -2.15. The summed E-state index contributed by atoms with van der Waals surface area (Å²) in [6.07, 6.45) is 2.25. The summed E-state index contributed by atoms with van der Waals surface area (Å²) in [7, 11) is 0. The highest BCUT2D eigenvalue weighted by Crippen LogP contribution is 2.13. The minimum absolute atomic E-state index is 0.434. The van der Waals surface area contributed by atoms with Gasteiger partial charge in [0.1, 0.15) is 0 Å². The maximum absolute atomic E-state index is 5.57. The Morgan fingerprint density at radius 2 is 2.25 bits per heavy atom. The van der Waals surface area contributed by atoms with Crippen LogP contribution in [0.4, 0.5) is 0 Å². The van der Waals surface area contributed by atoms with Crippen molar-refractivity contribution in [2.45, 2.75) is 32.7 Å². The molecule has 0 aliphatic heterocycles. The van der Waals surface area contributed by atoms with Gasteiger partial charge in [0.05, 0.1) is 0 Å². The van der Waals surface area contributed by atoms with Gasteiger partial charge in [0.15, 0.2) is 0 Å². The molecule has 0 spiro atoms. The fourth-order valence-corrected chi connectivity index (χ4v) is 3.29. The molecule has 1 atom stereocenters. The summed E-state index contributed by atoms with van der Waals surface area (Å²) < 4.78 is 0. The first kappa shape index (κ1) is 14.0. The van der Waals surface area contributed by atoms with Crippen LogP contribution < -0.4 is 11.3 Å². The van der Waals surface area contributed by atoms with E-state index in [1.807, 2.05) is 11.8 Å². The molecule has 1 heterocycles. The molecule has 16 heavy (non-hydrogen) atoms. The number of thioether (sulfide) groups is 1. The molecular formula is C12H22N2S2. The zero-order valence-electron chi connectivity index (χ0n) is 10.1. The largest absolute Gasteiger partial charge is 0.271 e. The molecule has 1 rings (SSSR count). The van der Waals surface area contributed by atoms with Crippen LogP contribution in [0.5, 0.6) is 0 Å². The zero-order chi connectivity index (χ0) is 11.8. The number of hydrogen-bond acceptors (Lipinski definition) is 4. The minimum atomic E-state index is 0.434. The molecule has 0 bridgehead atoms. The van der Waals surface area contributed by atoms with Gasteiger partial charge in [-0.15, -0.1) is 0 Å². The number of thiophene rings is 1. The molecule has 2 nitrogen and oxygen atoms in total. The van der Waals surface area contributed by atoms with Crippen LogP contribution in [0.15, 0.2) is 16.8 Å². The molecule has 0 amide bonds. The van der Waals surface area contributed by atoms with Crippen LogP contribution in [0.25, 0.3) is 0 Å². The number of hydrazine groups is 1. The van der Waals surface area contributed by atoms with E-state index in [2.05, 4.69) is 36.1 Å². The molecule has 92 valence electrons. The summed E-state index contributed by atoms with van der Waals surface area (Å²) in [6, 6.07) is 2.63. The van der Waals surface area contributed by atoms with Crippen LogP contribution in [-0.2, 0) is 6.42 Å². The van der Waals surface area contributed by atoms with Crippen molar-refractivity contribution < 1.29 is 0 Å². The van der Waals surface area contributed by atoms with Crippen molar-refractivity contribution in [1.29, 1.82) is 0 Å². The smallest absolute Gasteiger partial charge is 0.0304 e. The highest BCUT2D eigenvalue weighted by Gasteiger charge is 2.07. The molecule has 0 radical (unpaired) electrons. The minimum Gasteiger partial charge on any atom is -0.271 e. The van der Waals surface area contributed by atoms with Crippen molar-refractivity contribution in [2.75, 3.05) is 11.5 Å². The van der Waals surface area contributed by atoms with Gasteiger partial charge in [-0.1, -0.05) is 13.8 Å².